The summed E-state index contributed by atoms with van der Waals surface area (Å²) in [5, 5.41) is 2.07. The van der Waals surface area contributed by atoms with Crippen LogP contribution in [0.25, 0.3) is 21.3 Å². The first-order chi connectivity index (χ1) is 7.42. The largest absolute Gasteiger partial charge is 0.340 e. The number of H-pyrrole nitrogens is 1. The van der Waals surface area contributed by atoms with Gasteiger partial charge >= 0.3 is 0 Å². The summed E-state index contributed by atoms with van der Waals surface area (Å²) in [6.07, 6.45) is 4.45. The van der Waals surface area contributed by atoms with Gasteiger partial charge in [0.1, 0.15) is 11.3 Å². The SMILES string of the molecule is c1cc2ncc3[nH]c(C4CC4)nc3c2s1. The second kappa shape index (κ2) is 2.58. The molecule has 3 heterocycles. The highest BCUT2D eigenvalue weighted by Gasteiger charge is 2.27. The molecule has 1 fully saturated rings. The summed E-state index contributed by atoms with van der Waals surface area (Å²) < 4.78 is 1.20. The molecule has 0 aliphatic heterocycles. The molecule has 1 saturated carbocycles. The van der Waals surface area contributed by atoms with Crippen molar-refractivity contribution >= 4 is 32.6 Å². The highest BCUT2D eigenvalue weighted by atomic mass is 32.1. The Morgan fingerprint density at radius 2 is 2.33 bits per heavy atom. The summed E-state index contributed by atoms with van der Waals surface area (Å²) in [7, 11) is 0. The zero-order chi connectivity index (χ0) is 9.83. The monoisotopic (exact) mass is 215 g/mol. The molecular formula is C11H9N3S. The van der Waals surface area contributed by atoms with E-state index in [0.29, 0.717) is 5.92 Å². The first-order valence-electron chi connectivity index (χ1n) is 5.13. The number of nitrogens with zero attached hydrogens (tertiary/aromatic N) is 2. The van der Waals surface area contributed by atoms with E-state index in [1.54, 1.807) is 11.3 Å². The molecule has 0 bridgehead atoms. The summed E-state index contributed by atoms with van der Waals surface area (Å²) >= 11 is 1.72. The number of imidazole rings is 1. The van der Waals surface area contributed by atoms with E-state index in [1.165, 1.54) is 17.5 Å². The summed E-state index contributed by atoms with van der Waals surface area (Å²) in [5.74, 6) is 1.82. The first-order valence-corrected chi connectivity index (χ1v) is 6.01. The van der Waals surface area contributed by atoms with Crippen molar-refractivity contribution in [1.82, 2.24) is 15.0 Å². The Kier molecular flexibility index (Phi) is 1.34. The minimum Gasteiger partial charge on any atom is -0.340 e. The predicted molar refractivity (Wildman–Crippen MR) is 61.2 cm³/mol. The summed E-state index contributed by atoms with van der Waals surface area (Å²) in [5.41, 5.74) is 3.23. The first kappa shape index (κ1) is 7.82. The van der Waals surface area contributed by atoms with E-state index >= 15 is 0 Å². The zero-order valence-electron chi connectivity index (χ0n) is 8.03. The number of hydrogen-bond acceptors (Lipinski definition) is 3. The average molecular weight is 215 g/mol. The molecule has 4 rings (SSSR count). The predicted octanol–water partition coefficient (Wildman–Crippen LogP) is 3.05. The Morgan fingerprint density at radius 3 is 3.20 bits per heavy atom. The van der Waals surface area contributed by atoms with Crippen molar-refractivity contribution in [1.29, 1.82) is 0 Å². The second-order valence-electron chi connectivity index (χ2n) is 4.05. The molecule has 0 unspecified atom stereocenters. The summed E-state index contributed by atoms with van der Waals surface area (Å²) in [6, 6.07) is 2.05. The zero-order valence-corrected chi connectivity index (χ0v) is 8.84. The van der Waals surface area contributed by atoms with Gasteiger partial charge in [-0.25, -0.2) is 4.98 Å². The lowest BCUT2D eigenvalue weighted by Crippen LogP contribution is -1.79. The van der Waals surface area contributed by atoms with Crippen LogP contribution in [0.1, 0.15) is 24.6 Å². The molecule has 0 amide bonds. The second-order valence-corrected chi connectivity index (χ2v) is 4.97. The van der Waals surface area contributed by atoms with Gasteiger partial charge in [-0.05, 0) is 24.3 Å². The van der Waals surface area contributed by atoms with Crippen molar-refractivity contribution in [2.45, 2.75) is 18.8 Å². The average Bonchev–Trinajstić information content (AvgIpc) is 2.84. The molecule has 1 aliphatic rings. The number of aromatic nitrogens is 3. The van der Waals surface area contributed by atoms with E-state index in [0.717, 1.165) is 22.4 Å². The molecule has 0 aromatic carbocycles. The quantitative estimate of drug-likeness (QED) is 0.677. The van der Waals surface area contributed by atoms with Crippen LogP contribution in [0.15, 0.2) is 17.6 Å². The van der Waals surface area contributed by atoms with Crippen LogP contribution in [0, 0.1) is 0 Å². The topological polar surface area (TPSA) is 41.6 Å². The number of nitrogens with one attached hydrogen (secondary N) is 1. The molecule has 3 aromatic heterocycles. The van der Waals surface area contributed by atoms with Crippen LogP contribution in [-0.4, -0.2) is 15.0 Å². The maximum atomic E-state index is 4.69. The molecule has 1 aliphatic carbocycles. The van der Waals surface area contributed by atoms with Gasteiger partial charge in [-0.2, -0.15) is 0 Å². The van der Waals surface area contributed by atoms with Crippen LogP contribution >= 0.6 is 11.3 Å². The highest BCUT2D eigenvalue weighted by molar-refractivity contribution is 7.18. The van der Waals surface area contributed by atoms with Crippen LogP contribution in [0.4, 0.5) is 0 Å². The molecule has 0 atom stereocenters. The van der Waals surface area contributed by atoms with Crippen molar-refractivity contribution in [3.8, 4) is 0 Å². The number of rotatable bonds is 1. The molecule has 1 N–H and O–H groups in total. The fourth-order valence-corrected chi connectivity index (χ4v) is 2.78. The van der Waals surface area contributed by atoms with Crippen LogP contribution in [-0.2, 0) is 0 Å². The maximum absolute atomic E-state index is 4.69. The maximum Gasteiger partial charge on any atom is 0.110 e. The van der Waals surface area contributed by atoms with Gasteiger partial charge in [-0.15, -0.1) is 11.3 Å². The third-order valence-electron chi connectivity index (χ3n) is 2.91. The van der Waals surface area contributed by atoms with Crippen LogP contribution < -0.4 is 0 Å². The molecule has 15 heavy (non-hydrogen) atoms. The van der Waals surface area contributed by atoms with Crippen LogP contribution in [0.5, 0.6) is 0 Å². The lowest BCUT2D eigenvalue weighted by Gasteiger charge is -1.88. The summed E-state index contributed by atoms with van der Waals surface area (Å²) in [6.45, 7) is 0. The smallest absolute Gasteiger partial charge is 0.110 e. The molecule has 0 radical (unpaired) electrons. The number of hydrogen-bond donors (Lipinski definition) is 1. The lowest BCUT2D eigenvalue weighted by molar-refractivity contribution is 0.987. The van der Waals surface area contributed by atoms with Gasteiger partial charge < -0.3 is 4.98 Å². The van der Waals surface area contributed by atoms with Gasteiger partial charge in [0.25, 0.3) is 0 Å². The molecule has 0 spiro atoms. The highest BCUT2D eigenvalue weighted by Crippen LogP contribution is 2.39. The van der Waals surface area contributed by atoms with Crippen molar-refractivity contribution < 1.29 is 0 Å². The number of pyridine rings is 1. The van der Waals surface area contributed by atoms with Gasteiger partial charge in [0.2, 0.25) is 0 Å². The van der Waals surface area contributed by atoms with E-state index in [4.69, 9.17) is 0 Å². The molecule has 4 heteroatoms. The number of aromatic amines is 1. The van der Waals surface area contributed by atoms with Crippen molar-refractivity contribution in [3.05, 3.63) is 23.5 Å². The van der Waals surface area contributed by atoms with Crippen molar-refractivity contribution in [2.75, 3.05) is 0 Å². The third-order valence-corrected chi connectivity index (χ3v) is 3.82. The molecular weight excluding hydrogens is 206 g/mol. The van der Waals surface area contributed by atoms with Crippen LogP contribution in [0.2, 0.25) is 0 Å². The fraction of sp³-hybridized carbons (Fsp3) is 0.273. The van der Waals surface area contributed by atoms with Crippen LogP contribution in [0.3, 0.4) is 0 Å². The Morgan fingerprint density at radius 1 is 1.40 bits per heavy atom. The Balaban J connectivity index is 2.12. The molecule has 3 nitrogen and oxygen atoms in total. The Labute approximate surface area is 90.2 Å². The summed E-state index contributed by atoms with van der Waals surface area (Å²) in [4.78, 5) is 12.5. The normalized spacial score (nSPS) is 16.5. The van der Waals surface area contributed by atoms with Crippen molar-refractivity contribution in [3.63, 3.8) is 0 Å². The van der Waals surface area contributed by atoms with E-state index < -0.39 is 0 Å². The Hall–Kier alpha value is -1.42. The van der Waals surface area contributed by atoms with E-state index in [-0.39, 0.29) is 0 Å². The van der Waals surface area contributed by atoms with Gasteiger partial charge in [0, 0.05) is 5.92 Å². The number of fused-ring (bicyclic) bond motifs is 3. The minimum absolute atomic E-state index is 0.674. The molecule has 74 valence electrons. The third kappa shape index (κ3) is 1.05. The van der Waals surface area contributed by atoms with E-state index in [9.17, 15) is 0 Å². The molecule has 3 aromatic rings. The van der Waals surface area contributed by atoms with E-state index in [1.807, 2.05) is 12.3 Å². The van der Waals surface area contributed by atoms with Gasteiger partial charge in [-0.1, -0.05) is 0 Å². The van der Waals surface area contributed by atoms with Gasteiger partial charge in [-0.3, -0.25) is 4.98 Å². The Bertz CT molecular complexity index is 648. The lowest BCUT2D eigenvalue weighted by atomic mass is 10.3. The minimum atomic E-state index is 0.674. The fourth-order valence-electron chi connectivity index (χ4n) is 1.94. The molecule has 0 saturated heterocycles. The van der Waals surface area contributed by atoms with E-state index in [2.05, 4.69) is 20.3 Å². The van der Waals surface area contributed by atoms with Gasteiger partial charge in [0.05, 0.1) is 21.9 Å². The van der Waals surface area contributed by atoms with Crippen molar-refractivity contribution in [2.24, 2.45) is 0 Å². The standard InChI is InChI=1S/C11H9N3S/c1-2-6(1)11-13-8-5-12-7-3-4-15-10(7)9(8)14-11/h3-6H,1-2H2,(H,13,14). The number of thiophene rings is 1. The van der Waals surface area contributed by atoms with Gasteiger partial charge in [0.15, 0.2) is 0 Å².